The highest BCUT2D eigenvalue weighted by molar-refractivity contribution is 5.95. The zero-order valence-electron chi connectivity index (χ0n) is 13.4. The van der Waals surface area contributed by atoms with Crippen LogP contribution < -0.4 is 11.3 Å². The van der Waals surface area contributed by atoms with Crippen LogP contribution in [0.25, 0.3) is 0 Å². The van der Waals surface area contributed by atoms with Crippen molar-refractivity contribution in [3.8, 4) is 0 Å². The molecule has 1 aromatic rings. The Morgan fingerprint density at radius 3 is 2.57 bits per heavy atom. The van der Waals surface area contributed by atoms with Crippen LogP contribution in [0.1, 0.15) is 55.5 Å². The Labute approximate surface area is 127 Å². The van der Waals surface area contributed by atoms with Gasteiger partial charge in [-0.2, -0.15) is 0 Å². The number of hydrazine groups is 1. The van der Waals surface area contributed by atoms with Crippen molar-refractivity contribution in [3.63, 3.8) is 0 Å². The summed E-state index contributed by atoms with van der Waals surface area (Å²) in [6.45, 7) is 7.14. The van der Waals surface area contributed by atoms with Gasteiger partial charge >= 0.3 is 0 Å². The van der Waals surface area contributed by atoms with Gasteiger partial charge in [0.2, 0.25) is 0 Å². The van der Waals surface area contributed by atoms with Gasteiger partial charge in [-0.05, 0) is 49.4 Å². The van der Waals surface area contributed by atoms with Gasteiger partial charge in [-0.15, -0.1) is 0 Å². The molecule has 0 radical (unpaired) electrons. The normalized spacial score (nSPS) is 15.5. The highest BCUT2D eigenvalue weighted by atomic mass is 16.2. The second kappa shape index (κ2) is 6.94. The Balaban J connectivity index is 2.22. The second-order valence-corrected chi connectivity index (χ2v) is 6.46. The van der Waals surface area contributed by atoms with Gasteiger partial charge in [0.25, 0.3) is 5.91 Å². The number of amides is 1. The van der Waals surface area contributed by atoms with Crippen molar-refractivity contribution < 1.29 is 4.79 Å². The molecule has 0 bridgehead atoms. The van der Waals surface area contributed by atoms with Crippen LogP contribution in [-0.4, -0.2) is 23.4 Å². The van der Waals surface area contributed by atoms with Crippen molar-refractivity contribution in [2.24, 2.45) is 11.8 Å². The second-order valence-electron chi connectivity index (χ2n) is 6.46. The summed E-state index contributed by atoms with van der Waals surface area (Å²) >= 11 is 0. The third-order valence-corrected chi connectivity index (χ3v) is 4.22. The number of rotatable bonds is 5. The minimum absolute atomic E-state index is 0.155. The average Bonchev–Trinajstić information content (AvgIpc) is 2.97. The first-order chi connectivity index (χ1) is 10.0. The first-order valence-corrected chi connectivity index (χ1v) is 7.91. The van der Waals surface area contributed by atoms with Gasteiger partial charge < -0.3 is 10.3 Å². The summed E-state index contributed by atoms with van der Waals surface area (Å²) in [6, 6.07) is 6.09. The van der Waals surface area contributed by atoms with E-state index >= 15 is 0 Å². The topological polar surface area (TPSA) is 58.4 Å². The molecule has 3 N–H and O–H groups in total. The number of carbonyl (C=O) groups excluding carboxylic acids is 1. The molecule has 1 saturated carbocycles. The number of benzene rings is 1. The average molecular weight is 289 g/mol. The zero-order valence-corrected chi connectivity index (χ0v) is 13.4. The molecule has 21 heavy (non-hydrogen) atoms. The molecule has 1 aliphatic rings. The molecule has 1 aromatic carbocycles. The minimum Gasteiger partial charge on any atom is -0.335 e. The lowest BCUT2D eigenvalue weighted by molar-refractivity contribution is 0.0655. The molecule has 0 atom stereocenters. The van der Waals surface area contributed by atoms with E-state index in [2.05, 4.69) is 24.2 Å². The van der Waals surface area contributed by atoms with Crippen LogP contribution >= 0.6 is 0 Å². The van der Waals surface area contributed by atoms with Crippen LogP contribution in [0.15, 0.2) is 18.2 Å². The van der Waals surface area contributed by atoms with Gasteiger partial charge in [0.05, 0.1) is 5.69 Å². The van der Waals surface area contributed by atoms with Gasteiger partial charge in [-0.3, -0.25) is 10.6 Å². The van der Waals surface area contributed by atoms with Crippen molar-refractivity contribution in [2.45, 2.75) is 52.5 Å². The van der Waals surface area contributed by atoms with E-state index < -0.39 is 0 Å². The van der Waals surface area contributed by atoms with Crippen molar-refractivity contribution in [2.75, 3.05) is 12.0 Å². The molecule has 1 aliphatic carbocycles. The number of nitrogen functional groups attached to an aromatic ring is 1. The van der Waals surface area contributed by atoms with Gasteiger partial charge in [0.15, 0.2) is 0 Å². The number of hydrogen-bond acceptors (Lipinski definition) is 3. The predicted octanol–water partition coefficient (Wildman–Crippen LogP) is 3.32. The molecule has 0 spiro atoms. The summed E-state index contributed by atoms with van der Waals surface area (Å²) in [5, 5.41) is 0. The van der Waals surface area contributed by atoms with E-state index in [1.807, 2.05) is 25.1 Å². The smallest absolute Gasteiger partial charge is 0.254 e. The van der Waals surface area contributed by atoms with Crippen molar-refractivity contribution in [1.82, 2.24) is 4.90 Å². The number of nitrogens with one attached hydrogen (secondary N) is 1. The summed E-state index contributed by atoms with van der Waals surface area (Å²) in [5.74, 6) is 6.10. The summed E-state index contributed by atoms with van der Waals surface area (Å²) in [4.78, 5) is 15.0. The van der Waals surface area contributed by atoms with E-state index in [4.69, 9.17) is 5.84 Å². The van der Waals surface area contributed by atoms with E-state index in [9.17, 15) is 4.79 Å². The maximum Gasteiger partial charge on any atom is 0.254 e. The summed E-state index contributed by atoms with van der Waals surface area (Å²) in [7, 11) is 0. The number of nitrogens with two attached hydrogens (primary N) is 1. The van der Waals surface area contributed by atoms with Gasteiger partial charge in [0, 0.05) is 18.2 Å². The van der Waals surface area contributed by atoms with E-state index in [0.717, 1.165) is 36.2 Å². The number of nitrogens with zero attached hydrogens (tertiary/aromatic N) is 1. The van der Waals surface area contributed by atoms with Crippen LogP contribution in [0, 0.1) is 12.8 Å². The monoisotopic (exact) mass is 289 g/mol. The molecule has 0 aliphatic heterocycles. The Morgan fingerprint density at radius 1 is 1.38 bits per heavy atom. The third kappa shape index (κ3) is 3.76. The summed E-state index contributed by atoms with van der Waals surface area (Å²) in [6.07, 6.45) is 4.75. The predicted molar refractivity (Wildman–Crippen MR) is 87.1 cm³/mol. The largest absolute Gasteiger partial charge is 0.335 e. The molecular formula is C17H27N3O. The molecule has 4 heteroatoms. The Morgan fingerprint density at radius 2 is 2.05 bits per heavy atom. The lowest BCUT2D eigenvalue weighted by Crippen LogP contribution is -2.41. The molecule has 0 heterocycles. The SMILES string of the molecule is Cc1cc(C(=O)N(CC(C)C)C2CCCC2)ccc1NN. The van der Waals surface area contributed by atoms with E-state index in [1.54, 1.807) is 0 Å². The van der Waals surface area contributed by atoms with Crippen LogP contribution in [0.2, 0.25) is 0 Å². The van der Waals surface area contributed by atoms with E-state index in [1.165, 1.54) is 12.8 Å². The molecule has 0 saturated heterocycles. The van der Waals surface area contributed by atoms with Crippen LogP contribution in [-0.2, 0) is 0 Å². The summed E-state index contributed by atoms with van der Waals surface area (Å²) in [5.41, 5.74) is 5.28. The number of aryl methyl sites for hydroxylation is 1. The first-order valence-electron chi connectivity index (χ1n) is 7.91. The molecule has 116 valence electrons. The van der Waals surface area contributed by atoms with Crippen molar-refractivity contribution >= 4 is 11.6 Å². The van der Waals surface area contributed by atoms with Crippen molar-refractivity contribution in [1.29, 1.82) is 0 Å². The molecule has 0 unspecified atom stereocenters. The van der Waals surface area contributed by atoms with E-state index in [0.29, 0.717) is 12.0 Å². The number of hydrogen-bond donors (Lipinski definition) is 2. The fourth-order valence-corrected chi connectivity index (χ4v) is 3.13. The minimum atomic E-state index is 0.155. The zero-order chi connectivity index (χ0) is 15.4. The number of carbonyl (C=O) groups is 1. The standard InChI is InChI=1S/C17H27N3O/c1-12(2)11-20(15-6-4-5-7-15)17(21)14-8-9-16(19-18)13(3)10-14/h8-10,12,15,19H,4-7,11,18H2,1-3H3. The van der Waals surface area contributed by atoms with Crippen LogP contribution in [0.4, 0.5) is 5.69 Å². The fourth-order valence-electron chi connectivity index (χ4n) is 3.13. The number of anilines is 1. The lowest BCUT2D eigenvalue weighted by atomic mass is 10.1. The van der Waals surface area contributed by atoms with Crippen LogP contribution in [0.5, 0.6) is 0 Å². The summed E-state index contributed by atoms with van der Waals surface area (Å²) < 4.78 is 0. The van der Waals surface area contributed by atoms with Crippen molar-refractivity contribution in [3.05, 3.63) is 29.3 Å². The van der Waals surface area contributed by atoms with Gasteiger partial charge in [-0.1, -0.05) is 26.7 Å². The molecule has 4 nitrogen and oxygen atoms in total. The Hall–Kier alpha value is -1.55. The Bertz CT molecular complexity index is 493. The molecule has 1 fully saturated rings. The van der Waals surface area contributed by atoms with E-state index in [-0.39, 0.29) is 5.91 Å². The fraction of sp³-hybridized carbons (Fsp3) is 0.588. The molecular weight excluding hydrogens is 262 g/mol. The van der Waals surface area contributed by atoms with Gasteiger partial charge in [-0.25, -0.2) is 0 Å². The first kappa shape index (κ1) is 15.8. The maximum atomic E-state index is 12.9. The lowest BCUT2D eigenvalue weighted by Gasteiger charge is -2.31. The quantitative estimate of drug-likeness (QED) is 0.646. The highest BCUT2D eigenvalue weighted by Gasteiger charge is 2.28. The molecule has 2 rings (SSSR count). The maximum absolute atomic E-state index is 12.9. The third-order valence-electron chi connectivity index (χ3n) is 4.22. The highest BCUT2D eigenvalue weighted by Crippen LogP contribution is 2.26. The van der Waals surface area contributed by atoms with Crippen LogP contribution in [0.3, 0.4) is 0 Å². The van der Waals surface area contributed by atoms with Gasteiger partial charge in [0.1, 0.15) is 0 Å². The molecule has 0 aromatic heterocycles. The molecule has 1 amide bonds. The Kier molecular flexibility index (Phi) is 5.23.